The molecule has 0 spiro atoms. The van der Waals surface area contributed by atoms with E-state index in [1.54, 1.807) is 0 Å². The summed E-state index contributed by atoms with van der Waals surface area (Å²) in [5, 5.41) is 3.17. The van der Waals surface area contributed by atoms with E-state index in [1.165, 1.54) is 11.3 Å². The number of nitrogens with zero attached hydrogens (tertiary/aromatic N) is 1. The molecule has 1 aromatic carbocycles. The first kappa shape index (κ1) is 12.9. The Balaban J connectivity index is 2.10. The average molecular weight is 299 g/mol. The second-order valence-electron chi connectivity index (χ2n) is 4.43. The number of ether oxygens (including phenoxy) is 1. The van der Waals surface area contributed by atoms with E-state index in [9.17, 15) is 0 Å². The minimum Gasteiger partial charge on any atom is -0.373 e. The van der Waals surface area contributed by atoms with E-state index in [-0.39, 0.29) is 6.10 Å². The van der Waals surface area contributed by atoms with Gasteiger partial charge in [0.15, 0.2) is 0 Å². The van der Waals surface area contributed by atoms with Crippen LogP contribution in [0.3, 0.4) is 0 Å². The number of morpholine rings is 1. The second-order valence-corrected chi connectivity index (χ2v) is 5.34. The summed E-state index contributed by atoms with van der Waals surface area (Å²) >= 11 is 3.50. The molecule has 0 aliphatic carbocycles. The third kappa shape index (κ3) is 3.21. The van der Waals surface area contributed by atoms with Crippen LogP contribution < -0.4 is 10.2 Å². The zero-order chi connectivity index (χ0) is 12.3. The van der Waals surface area contributed by atoms with Crippen molar-refractivity contribution in [2.75, 3.05) is 38.2 Å². The monoisotopic (exact) mass is 298 g/mol. The molecule has 0 radical (unpaired) electrons. The smallest absolute Gasteiger partial charge is 0.0874 e. The number of halogens is 1. The number of aryl methyl sites for hydroxylation is 1. The van der Waals surface area contributed by atoms with Gasteiger partial charge in [0, 0.05) is 29.8 Å². The number of likely N-dealkylation sites (N-methyl/N-ethyl adjacent to an activating group) is 1. The Morgan fingerprint density at radius 1 is 1.53 bits per heavy atom. The predicted octanol–water partition coefficient (Wildman–Crippen LogP) is 2.18. The SMILES string of the molecule is CNCC1CN(c2ccc(Br)cc2C)CCO1. The zero-order valence-corrected chi connectivity index (χ0v) is 12.0. The van der Waals surface area contributed by atoms with Crippen molar-refractivity contribution in [2.45, 2.75) is 13.0 Å². The normalized spacial score (nSPS) is 20.6. The molecule has 1 heterocycles. The fourth-order valence-corrected chi connectivity index (χ4v) is 2.74. The van der Waals surface area contributed by atoms with Gasteiger partial charge in [0.2, 0.25) is 0 Å². The van der Waals surface area contributed by atoms with Gasteiger partial charge < -0.3 is 15.0 Å². The standard InChI is InChI=1S/C13H19BrN2O/c1-10-7-11(14)3-4-13(10)16-5-6-17-12(9-16)8-15-2/h3-4,7,12,15H,5-6,8-9H2,1-2H3. The van der Waals surface area contributed by atoms with Crippen LogP contribution in [0.4, 0.5) is 5.69 Å². The maximum Gasteiger partial charge on any atom is 0.0874 e. The van der Waals surface area contributed by atoms with Gasteiger partial charge >= 0.3 is 0 Å². The quantitative estimate of drug-likeness (QED) is 0.926. The molecule has 0 bridgehead atoms. The minimum atomic E-state index is 0.289. The van der Waals surface area contributed by atoms with E-state index >= 15 is 0 Å². The highest BCUT2D eigenvalue weighted by Gasteiger charge is 2.20. The van der Waals surface area contributed by atoms with Crippen LogP contribution in [0, 0.1) is 6.92 Å². The third-order valence-corrected chi connectivity index (χ3v) is 3.56. The van der Waals surface area contributed by atoms with Gasteiger partial charge in [-0.15, -0.1) is 0 Å². The Bertz CT molecular complexity index is 382. The number of anilines is 1. The van der Waals surface area contributed by atoms with Gasteiger partial charge in [0.25, 0.3) is 0 Å². The van der Waals surface area contributed by atoms with Gasteiger partial charge in [-0.25, -0.2) is 0 Å². The molecule has 1 saturated heterocycles. The third-order valence-electron chi connectivity index (χ3n) is 3.07. The molecule has 0 amide bonds. The molecule has 17 heavy (non-hydrogen) atoms. The molecule has 1 aromatic rings. The first-order chi connectivity index (χ1) is 8.20. The van der Waals surface area contributed by atoms with Gasteiger partial charge in [-0.05, 0) is 37.7 Å². The Kier molecular flexibility index (Phi) is 4.42. The molecule has 1 unspecified atom stereocenters. The van der Waals surface area contributed by atoms with Crippen molar-refractivity contribution >= 4 is 21.6 Å². The van der Waals surface area contributed by atoms with Gasteiger partial charge in [-0.1, -0.05) is 15.9 Å². The van der Waals surface area contributed by atoms with Gasteiger partial charge in [-0.2, -0.15) is 0 Å². The van der Waals surface area contributed by atoms with Crippen molar-refractivity contribution in [1.29, 1.82) is 0 Å². The molecule has 3 nitrogen and oxygen atoms in total. The van der Waals surface area contributed by atoms with E-state index < -0.39 is 0 Å². The fourth-order valence-electron chi connectivity index (χ4n) is 2.26. The van der Waals surface area contributed by atoms with Crippen LogP contribution in [0.2, 0.25) is 0 Å². The molecule has 1 aliphatic rings. The van der Waals surface area contributed by atoms with Crippen LogP contribution in [-0.4, -0.2) is 39.4 Å². The van der Waals surface area contributed by atoms with Crippen LogP contribution >= 0.6 is 15.9 Å². The summed E-state index contributed by atoms with van der Waals surface area (Å²) in [5.41, 5.74) is 2.63. The highest BCUT2D eigenvalue weighted by Crippen LogP contribution is 2.25. The van der Waals surface area contributed by atoms with Crippen molar-refractivity contribution in [2.24, 2.45) is 0 Å². The predicted molar refractivity (Wildman–Crippen MR) is 74.8 cm³/mol. The van der Waals surface area contributed by atoms with E-state index in [1.807, 2.05) is 7.05 Å². The molecule has 1 fully saturated rings. The molecule has 4 heteroatoms. The highest BCUT2D eigenvalue weighted by molar-refractivity contribution is 9.10. The highest BCUT2D eigenvalue weighted by atomic mass is 79.9. The van der Waals surface area contributed by atoms with Crippen molar-refractivity contribution in [3.8, 4) is 0 Å². The molecule has 2 rings (SSSR count). The second kappa shape index (κ2) is 5.85. The fraction of sp³-hybridized carbons (Fsp3) is 0.538. The van der Waals surface area contributed by atoms with Crippen molar-refractivity contribution in [3.63, 3.8) is 0 Å². The first-order valence-electron chi connectivity index (χ1n) is 5.98. The minimum absolute atomic E-state index is 0.289. The Morgan fingerprint density at radius 3 is 3.06 bits per heavy atom. The van der Waals surface area contributed by atoms with E-state index in [0.717, 1.165) is 30.7 Å². The molecule has 1 aliphatic heterocycles. The summed E-state index contributed by atoms with van der Waals surface area (Å²) in [6, 6.07) is 6.45. The zero-order valence-electron chi connectivity index (χ0n) is 10.4. The van der Waals surface area contributed by atoms with Crippen LogP contribution in [0.15, 0.2) is 22.7 Å². The van der Waals surface area contributed by atoms with Crippen LogP contribution in [-0.2, 0) is 4.74 Å². The number of hydrogen-bond donors (Lipinski definition) is 1. The lowest BCUT2D eigenvalue weighted by Crippen LogP contribution is -2.46. The lowest BCUT2D eigenvalue weighted by molar-refractivity contribution is 0.0421. The number of nitrogens with one attached hydrogen (secondary N) is 1. The first-order valence-corrected chi connectivity index (χ1v) is 6.77. The van der Waals surface area contributed by atoms with E-state index in [4.69, 9.17) is 4.74 Å². The van der Waals surface area contributed by atoms with Crippen LogP contribution in [0.5, 0.6) is 0 Å². The van der Waals surface area contributed by atoms with Crippen LogP contribution in [0.1, 0.15) is 5.56 Å². The molecular formula is C13H19BrN2O. The summed E-state index contributed by atoms with van der Waals surface area (Å²) in [6.45, 7) is 5.81. The molecule has 1 atom stereocenters. The number of benzene rings is 1. The lowest BCUT2D eigenvalue weighted by Gasteiger charge is -2.35. The number of hydrogen-bond acceptors (Lipinski definition) is 3. The van der Waals surface area contributed by atoms with Gasteiger partial charge in [-0.3, -0.25) is 0 Å². The Hall–Kier alpha value is -0.580. The summed E-state index contributed by atoms with van der Waals surface area (Å²) < 4.78 is 6.86. The Morgan fingerprint density at radius 2 is 2.35 bits per heavy atom. The number of rotatable bonds is 3. The van der Waals surface area contributed by atoms with Gasteiger partial charge in [0.05, 0.1) is 12.7 Å². The molecule has 1 N–H and O–H groups in total. The average Bonchev–Trinajstić information content (AvgIpc) is 2.29. The molecule has 0 saturated carbocycles. The Labute approximate surface area is 111 Å². The van der Waals surface area contributed by atoms with Crippen molar-refractivity contribution in [3.05, 3.63) is 28.2 Å². The topological polar surface area (TPSA) is 24.5 Å². The lowest BCUT2D eigenvalue weighted by atomic mass is 10.1. The molecule has 94 valence electrons. The maximum atomic E-state index is 5.72. The summed E-state index contributed by atoms with van der Waals surface area (Å²) in [6.07, 6.45) is 0.289. The largest absolute Gasteiger partial charge is 0.373 e. The van der Waals surface area contributed by atoms with Gasteiger partial charge in [0.1, 0.15) is 0 Å². The van der Waals surface area contributed by atoms with Crippen molar-refractivity contribution in [1.82, 2.24) is 5.32 Å². The van der Waals surface area contributed by atoms with Crippen molar-refractivity contribution < 1.29 is 4.74 Å². The summed E-state index contributed by atoms with van der Waals surface area (Å²) in [7, 11) is 1.97. The summed E-state index contributed by atoms with van der Waals surface area (Å²) in [4.78, 5) is 2.41. The molecular weight excluding hydrogens is 280 g/mol. The van der Waals surface area contributed by atoms with E-state index in [2.05, 4.69) is 51.3 Å². The van der Waals surface area contributed by atoms with Crippen LogP contribution in [0.25, 0.3) is 0 Å². The van der Waals surface area contributed by atoms with E-state index in [0.29, 0.717) is 0 Å². The maximum absolute atomic E-state index is 5.72. The summed E-state index contributed by atoms with van der Waals surface area (Å²) in [5.74, 6) is 0. The molecule has 0 aromatic heterocycles.